The molecule has 4 heteroatoms. The van der Waals surface area contributed by atoms with Crippen molar-refractivity contribution in [2.75, 3.05) is 0 Å². The first-order chi connectivity index (χ1) is 9.54. The minimum Gasteiger partial charge on any atom is -0.595 e. The number of azo groups is 1. The summed E-state index contributed by atoms with van der Waals surface area (Å²) in [6.45, 7) is 5.16. The molecule has 1 unspecified atom stereocenters. The van der Waals surface area contributed by atoms with E-state index in [9.17, 15) is 10.0 Å². The summed E-state index contributed by atoms with van der Waals surface area (Å²) in [7, 11) is 0. The van der Waals surface area contributed by atoms with Gasteiger partial charge in [0.05, 0.1) is 0 Å². The molecule has 108 valence electrons. The smallest absolute Gasteiger partial charge is 0.213 e. The van der Waals surface area contributed by atoms with Gasteiger partial charge in [0.2, 0.25) is 6.20 Å². The van der Waals surface area contributed by atoms with Gasteiger partial charge in [-0.2, -0.15) is 0 Å². The molecule has 0 amide bonds. The summed E-state index contributed by atoms with van der Waals surface area (Å²) in [5.41, 5.74) is 1.97. The van der Waals surface area contributed by atoms with Crippen LogP contribution in [0.4, 0.5) is 0 Å². The molecule has 4 nitrogen and oxygen atoms in total. The van der Waals surface area contributed by atoms with E-state index >= 15 is 0 Å². The Morgan fingerprint density at radius 2 is 2.05 bits per heavy atom. The van der Waals surface area contributed by atoms with Crippen molar-refractivity contribution >= 4 is 11.4 Å². The molecule has 1 aromatic carbocycles. The van der Waals surface area contributed by atoms with E-state index in [0.29, 0.717) is 4.86 Å². The number of unbranched alkanes of at least 4 members (excludes halogenated alkanes) is 1. The summed E-state index contributed by atoms with van der Waals surface area (Å²) in [5.74, 6) is -0.117. The highest BCUT2D eigenvalue weighted by molar-refractivity contribution is 5.80. The minimum absolute atomic E-state index is 0.117. The van der Waals surface area contributed by atoms with Crippen molar-refractivity contribution in [3.63, 3.8) is 0 Å². The van der Waals surface area contributed by atoms with Crippen molar-refractivity contribution < 1.29 is 9.66 Å². The molecular formula is C16H22N2O2. The molecule has 0 fully saturated rings. The third kappa shape index (κ3) is 5.34. The Morgan fingerprint density at radius 3 is 2.60 bits per heavy atom. The van der Waals surface area contributed by atoms with Crippen molar-refractivity contribution in [1.82, 2.24) is 0 Å². The third-order valence-corrected chi connectivity index (χ3v) is 3.09. The number of benzene rings is 1. The van der Waals surface area contributed by atoms with E-state index in [1.807, 2.05) is 30.3 Å². The van der Waals surface area contributed by atoms with Crippen LogP contribution in [0.25, 0.3) is 5.57 Å². The lowest BCUT2D eigenvalue weighted by Gasteiger charge is -2.06. The zero-order chi connectivity index (χ0) is 15.0. The maximum atomic E-state index is 11.8. The number of hydrogen-bond acceptors (Lipinski definition) is 3. The number of carbonyl (C=O) groups is 1. The molecule has 20 heavy (non-hydrogen) atoms. The second-order valence-corrected chi connectivity index (χ2v) is 4.83. The van der Waals surface area contributed by atoms with Crippen LogP contribution in [0, 0.1) is 5.21 Å². The van der Waals surface area contributed by atoms with Gasteiger partial charge in [0.25, 0.3) is 0 Å². The average Bonchev–Trinajstić information content (AvgIpc) is 2.44. The molecule has 0 aliphatic heterocycles. The van der Waals surface area contributed by atoms with E-state index < -0.39 is 6.04 Å². The van der Waals surface area contributed by atoms with Crippen molar-refractivity contribution in [2.24, 2.45) is 5.11 Å². The number of ketones is 1. The van der Waals surface area contributed by atoms with Gasteiger partial charge in [-0.25, -0.2) is 0 Å². The Bertz CT molecular complexity index is 492. The number of hydrogen-bond donors (Lipinski definition) is 0. The summed E-state index contributed by atoms with van der Waals surface area (Å²) in [5, 5.41) is 15.6. The van der Waals surface area contributed by atoms with Crippen LogP contribution in [-0.2, 0) is 4.79 Å². The van der Waals surface area contributed by atoms with Crippen LogP contribution >= 0.6 is 0 Å². The van der Waals surface area contributed by atoms with Gasteiger partial charge in [0, 0.05) is 5.57 Å². The summed E-state index contributed by atoms with van der Waals surface area (Å²) in [6, 6.07) is 9.18. The highest BCUT2D eigenvalue weighted by Gasteiger charge is 2.10. The van der Waals surface area contributed by atoms with Crippen LogP contribution in [0.3, 0.4) is 0 Å². The van der Waals surface area contributed by atoms with Crippen LogP contribution in [0.15, 0.2) is 41.6 Å². The van der Waals surface area contributed by atoms with E-state index in [1.165, 1.54) is 13.1 Å². The van der Waals surface area contributed by atoms with Gasteiger partial charge in [-0.1, -0.05) is 48.5 Å². The van der Waals surface area contributed by atoms with E-state index in [4.69, 9.17) is 0 Å². The molecule has 0 N–H and O–H groups in total. The van der Waals surface area contributed by atoms with Gasteiger partial charge >= 0.3 is 0 Å². The van der Waals surface area contributed by atoms with E-state index in [0.717, 1.165) is 30.4 Å². The Kier molecular flexibility index (Phi) is 6.64. The van der Waals surface area contributed by atoms with Crippen molar-refractivity contribution in [2.45, 2.75) is 46.1 Å². The molecule has 0 saturated heterocycles. The van der Waals surface area contributed by atoms with Crippen LogP contribution in [0.5, 0.6) is 0 Å². The number of allylic oxidation sites excluding steroid dienone is 1. The van der Waals surface area contributed by atoms with E-state index in [2.05, 4.69) is 12.0 Å². The van der Waals surface area contributed by atoms with Crippen LogP contribution in [-0.4, -0.2) is 16.7 Å². The molecule has 0 radical (unpaired) electrons. The molecule has 0 aliphatic carbocycles. The fraction of sp³-hybridized carbons (Fsp3) is 0.438. The number of hydroxylamine groups is 1. The molecule has 1 atom stereocenters. The third-order valence-electron chi connectivity index (χ3n) is 3.09. The SMILES string of the molecule is CCCCC(=C[N+]([O-])=NC(C)C(C)=O)c1ccccc1. The topological polar surface area (TPSA) is 55.5 Å². The van der Waals surface area contributed by atoms with Gasteiger partial charge in [-0.15, -0.1) is 0 Å². The number of Topliss-reactive ketones (excluding diaryl/α,β-unsaturated/α-hetero) is 1. The first kappa shape index (κ1) is 16.1. The maximum Gasteiger partial charge on any atom is 0.213 e. The minimum atomic E-state index is -0.605. The fourth-order valence-electron chi connectivity index (χ4n) is 1.72. The molecule has 1 aromatic rings. The predicted octanol–water partition coefficient (Wildman–Crippen LogP) is 4.16. The highest BCUT2D eigenvalue weighted by atomic mass is 16.5. The first-order valence-electron chi connectivity index (χ1n) is 6.98. The summed E-state index contributed by atoms with van der Waals surface area (Å²) in [6.07, 6.45) is 4.37. The molecule has 0 saturated carbocycles. The second-order valence-electron chi connectivity index (χ2n) is 4.83. The first-order valence-corrected chi connectivity index (χ1v) is 6.98. The van der Waals surface area contributed by atoms with E-state index in [-0.39, 0.29) is 5.78 Å². The van der Waals surface area contributed by atoms with Crippen molar-refractivity contribution in [3.05, 3.63) is 47.3 Å². The van der Waals surface area contributed by atoms with E-state index in [1.54, 1.807) is 6.92 Å². The molecule has 0 bridgehead atoms. The number of carbonyl (C=O) groups excluding carboxylic acids is 1. The van der Waals surface area contributed by atoms with Crippen molar-refractivity contribution in [3.8, 4) is 0 Å². The fourth-order valence-corrected chi connectivity index (χ4v) is 1.72. The lowest BCUT2D eigenvalue weighted by Crippen LogP contribution is -2.12. The van der Waals surface area contributed by atoms with Gasteiger partial charge in [-0.3, -0.25) is 4.79 Å². The highest BCUT2D eigenvalue weighted by Crippen LogP contribution is 2.20. The Hall–Kier alpha value is -1.97. The quantitative estimate of drug-likeness (QED) is 0.426. The van der Waals surface area contributed by atoms with Gasteiger partial charge in [0.1, 0.15) is 0 Å². The number of rotatable bonds is 7. The molecule has 1 rings (SSSR count). The Morgan fingerprint density at radius 1 is 1.40 bits per heavy atom. The Balaban J connectivity index is 2.98. The zero-order valence-electron chi connectivity index (χ0n) is 12.4. The van der Waals surface area contributed by atoms with Crippen molar-refractivity contribution in [1.29, 1.82) is 0 Å². The summed E-state index contributed by atoms with van der Waals surface area (Å²) < 4.78 is 0. The molecule has 0 spiro atoms. The largest absolute Gasteiger partial charge is 0.595 e. The summed E-state index contributed by atoms with van der Waals surface area (Å²) in [4.78, 5) is 11.6. The lowest BCUT2D eigenvalue weighted by molar-refractivity contribution is -0.460. The zero-order valence-corrected chi connectivity index (χ0v) is 12.4. The van der Waals surface area contributed by atoms with Crippen LogP contribution in [0.1, 0.15) is 45.6 Å². The molecular weight excluding hydrogens is 252 g/mol. The van der Waals surface area contributed by atoms with Gasteiger partial charge in [-0.05, 0) is 37.4 Å². The van der Waals surface area contributed by atoms with Gasteiger partial charge in [0.15, 0.2) is 11.8 Å². The second kappa shape index (κ2) is 8.25. The average molecular weight is 274 g/mol. The standard InChI is InChI=1S/C16H22N2O2/c1-4-5-9-16(15-10-7-6-8-11-15)12-18(20)17-13(2)14(3)19/h6-8,10-13H,4-5,9H2,1-3H3. The molecule has 0 heterocycles. The monoisotopic (exact) mass is 274 g/mol. The molecule has 0 aromatic heterocycles. The van der Waals surface area contributed by atoms with Crippen LogP contribution in [0.2, 0.25) is 0 Å². The number of nitrogens with zero attached hydrogens (tertiary/aromatic N) is 2. The Labute approximate surface area is 120 Å². The summed E-state index contributed by atoms with van der Waals surface area (Å²) >= 11 is 0. The predicted molar refractivity (Wildman–Crippen MR) is 80.1 cm³/mol. The molecule has 0 aliphatic rings. The van der Waals surface area contributed by atoms with Crippen LogP contribution < -0.4 is 0 Å². The maximum absolute atomic E-state index is 11.8. The normalized spacial score (nSPS) is 14.2. The van der Waals surface area contributed by atoms with Gasteiger partial charge < -0.3 is 5.21 Å². The lowest BCUT2D eigenvalue weighted by atomic mass is 10.0.